The number of benzene rings is 1. The van der Waals surface area contributed by atoms with Crippen molar-refractivity contribution in [2.45, 2.75) is 25.7 Å². The molecule has 1 aliphatic heterocycles. The fourth-order valence-corrected chi connectivity index (χ4v) is 3.18. The number of hydrogen-bond acceptors (Lipinski definition) is 7. The van der Waals surface area contributed by atoms with Gasteiger partial charge >= 0.3 is 0 Å². The van der Waals surface area contributed by atoms with Gasteiger partial charge < -0.3 is 24.1 Å². The summed E-state index contributed by atoms with van der Waals surface area (Å²) in [6.45, 7) is 2.20. The molecule has 1 saturated heterocycles. The maximum atomic E-state index is 5.42. The highest BCUT2D eigenvalue weighted by Gasteiger charge is 2.18. The molecule has 1 aromatic heterocycles. The Bertz CT molecular complexity index is 670. The first-order valence-corrected chi connectivity index (χ1v) is 8.58. The number of aromatic nitrogens is 2. The molecule has 25 heavy (non-hydrogen) atoms. The van der Waals surface area contributed by atoms with Gasteiger partial charge in [0, 0.05) is 12.0 Å². The summed E-state index contributed by atoms with van der Waals surface area (Å²) < 4.78 is 21.5. The Morgan fingerprint density at radius 2 is 1.76 bits per heavy atom. The molecule has 1 aliphatic rings. The van der Waals surface area contributed by atoms with Crippen molar-refractivity contribution in [3.63, 3.8) is 0 Å². The molecular formula is C18H25N3O4. The summed E-state index contributed by atoms with van der Waals surface area (Å²) in [5, 5.41) is 7.49. The standard InChI is InChI=1S/C18H25N3O4/c1-22-14-10-13(11-15(23-2)17(14)24-3)18-20-16(25-21-18)5-4-12-6-8-19-9-7-12/h10-12,19H,4-9H2,1-3H3. The van der Waals surface area contributed by atoms with Crippen LogP contribution in [0.15, 0.2) is 16.7 Å². The molecule has 0 amide bonds. The van der Waals surface area contributed by atoms with Gasteiger partial charge in [-0.3, -0.25) is 0 Å². The van der Waals surface area contributed by atoms with E-state index in [0.717, 1.165) is 37.4 Å². The minimum atomic E-state index is 0.527. The monoisotopic (exact) mass is 347 g/mol. The molecule has 2 aromatic rings. The van der Waals surface area contributed by atoms with E-state index in [9.17, 15) is 0 Å². The van der Waals surface area contributed by atoms with Crippen molar-refractivity contribution in [1.29, 1.82) is 0 Å². The lowest BCUT2D eigenvalue weighted by Gasteiger charge is -2.21. The molecule has 0 radical (unpaired) electrons. The molecule has 0 spiro atoms. The molecule has 3 rings (SSSR count). The molecule has 0 aliphatic carbocycles. The van der Waals surface area contributed by atoms with E-state index in [-0.39, 0.29) is 0 Å². The van der Waals surface area contributed by atoms with E-state index in [0.29, 0.717) is 29.0 Å². The molecule has 0 bridgehead atoms. The molecular weight excluding hydrogens is 322 g/mol. The van der Waals surface area contributed by atoms with Gasteiger partial charge in [0.1, 0.15) is 0 Å². The van der Waals surface area contributed by atoms with Gasteiger partial charge in [-0.1, -0.05) is 5.16 Å². The van der Waals surface area contributed by atoms with Crippen LogP contribution in [0.2, 0.25) is 0 Å². The van der Waals surface area contributed by atoms with Crippen molar-refractivity contribution >= 4 is 0 Å². The summed E-state index contributed by atoms with van der Waals surface area (Å²) in [5.74, 6) is 3.61. The van der Waals surface area contributed by atoms with Gasteiger partial charge in [0.2, 0.25) is 17.5 Å². The van der Waals surface area contributed by atoms with Gasteiger partial charge in [0.25, 0.3) is 0 Å². The van der Waals surface area contributed by atoms with Gasteiger partial charge in [-0.2, -0.15) is 4.98 Å². The Balaban J connectivity index is 1.74. The van der Waals surface area contributed by atoms with Crippen LogP contribution in [-0.4, -0.2) is 44.6 Å². The summed E-state index contributed by atoms with van der Waals surface area (Å²) in [7, 11) is 4.75. The van der Waals surface area contributed by atoms with E-state index in [1.54, 1.807) is 21.3 Å². The number of aryl methyl sites for hydroxylation is 1. The first kappa shape index (κ1) is 17.5. The molecule has 7 nitrogen and oxygen atoms in total. The molecule has 1 N–H and O–H groups in total. The normalized spacial score (nSPS) is 15.2. The van der Waals surface area contributed by atoms with Crippen molar-refractivity contribution in [2.24, 2.45) is 5.92 Å². The third kappa shape index (κ3) is 4.04. The van der Waals surface area contributed by atoms with E-state index in [2.05, 4.69) is 15.5 Å². The highest BCUT2D eigenvalue weighted by atomic mass is 16.5. The second kappa shape index (κ2) is 8.20. The van der Waals surface area contributed by atoms with Crippen molar-refractivity contribution in [1.82, 2.24) is 15.5 Å². The Kier molecular flexibility index (Phi) is 5.75. The van der Waals surface area contributed by atoms with Crippen molar-refractivity contribution in [3.05, 3.63) is 18.0 Å². The van der Waals surface area contributed by atoms with Crippen LogP contribution < -0.4 is 19.5 Å². The largest absolute Gasteiger partial charge is 0.493 e. The van der Waals surface area contributed by atoms with Crippen LogP contribution in [0.4, 0.5) is 0 Å². The Hall–Kier alpha value is -2.28. The molecule has 1 fully saturated rings. The zero-order valence-corrected chi connectivity index (χ0v) is 15.0. The highest BCUT2D eigenvalue weighted by Crippen LogP contribution is 2.40. The van der Waals surface area contributed by atoms with Gasteiger partial charge in [0.05, 0.1) is 21.3 Å². The lowest BCUT2D eigenvalue weighted by molar-refractivity contribution is 0.323. The molecule has 7 heteroatoms. The predicted octanol–water partition coefficient (Wildman–Crippen LogP) is 2.69. The Morgan fingerprint density at radius 3 is 2.36 bits per heavy atom. The van der Waals surface area contributed by atoms with Crippen molar-refractivity contribution in [3.8, 4) is 28.6 Å². The maximum Gasteiger partial charge on any atom is 0.226 e. The van der Waals surface area contributed by atoms with Crippen LogP contribution in [0.1, 0.15) is 25.2 Å². The zero-order chi connectivity index (χ0) is 17.6. The number of nitrogens with zero attached hydrogens (tertiary/aromatic N) is 2. The number of ether oxygens (including phenoxy) is 3. The van der Waals surface area contributed by atoms with E-state index in [4.69, 9.17) is 18.7 Å². The lowest BCUT2D eigenvalue weighted by Crippen LogP contribution is -2.27. The lowest BCUT2D eigenvalue weighted by atomic mass is 9.93. The van der Waals surface area contributed by atoms with Gasteiger partial charge in [0.15, 0.2) is 11.5 Å². The van der Waals surface area contributed by atoms with E-state index >= 15 is 0 Å². The van der Waals surface area contributed by atoms with E-state index < -0.39 is 0 Å². The topological polar surface area (TPSA) is 78.6 Å². The Morgan fingerprint density at radius 1 is 1.08 bits per heavy atom. The summed E-state index contributed by atoms with van der Waals surface area (Å²) in [6, 6.07) is 3.64. The van der Waals surface area contributed by atoms with Crippen LogP contribution in [0.5, 0.6) is 17.2 Å². The number of methoxy groups -OCH3 is 3. The van der Waals surface area contributed by atoms with Crippen molar-refractivity contribution < 1.29 is 18.7 Å². The fraction of sp³-hybridized carbons (Fsp3) is 0.556. The van der Waals surface area contributed by atoms with Crippen molar-refractivity contribution in [2.75, 3.05) is 34.4 Å². The molecule has 0 saturated carbocycles. The summed E-state index contributed by atoms with van der Waals surface area (Å²) in [4.78, 5) is 4.53. The predicted molar refractivity (Wildman–Crippen MR) is 93.3 cm³/mol. The van der Waals surface area contributed by atoms with E-state index in [1.165, 1.54) is 12.8 Å². The van der Waals surface area contributed by atoms with Gasteiger partial charge in [-0.05, 0) is 50.4 Å². The minimum Gasteiger partial charge on any atom is -0.493 e. The molecule has 1 aromatic carbocycles. The molecule has 0 atom stereocenters. The van der Waals surface area contributed by atoms with Crippen LogP contribution in [0, 0.1) is 5.92 Å². The van der Waals surface area contributed by atoms with Gasteiger partial charge in [-0.25, -0.2) is 0 Å². The van der Waals surface area contributed by atoms with Crippen LogP contribution in [0.3, 0.4) is 0 Å². The van der Waals surface area contributed by atoms with Crippen LogP contribution in [-0.2, 0) is 6.42 Å². The van der Waals surface area contributed by atoms with Crippen LogP contribution in [0.25, 0.3) is 11.4 Å². The SMILES string of the molecule is COc1cc(-c2noc(CCC3CCNCC3)n2)cc(OC)c1OC. The highest BCUT2D eigenvalue weighted by molar-refractivity contribution is 5.66. The Labute approximate surface area is 147 Å². The summed E-state index contributed by atoms with van der Waals surface area (Å²) >= 11 is 0. The molecule has 136 valence electrons. The number of nitrogens with one attached hydrogen (secondary N) is 1. The first-order valence-electron chi connectivity index (χ1n) is 8.58. The second-order valence-corrected chi connectivity index (χ2v) is 6.16. The summed E-state index contributed by atoms with van der Waals surface area (Å²) in [5.41, 5.74) is 0.770. The molecule has 2 heterocycles. The number of piperidine rings is 1. The second-order valence-electron chi connectivity index (χ2n) is 6.16. The zero-order valence-electron chi connectivity index (χ0n) is 15.0. The summed E-state index contributed by atoms with van der Waals surface area (Å²) in [6.07, 6.45) is 4.32. The first-order chi connectivity index (χ1) is 12.2. The average Bonchev–Trinajstić information content (AvgIpc) is 3.15. The average molecular weight is 347 g/mol. The van der Waals surface area contributed by atoms with E-state index in [1.807, 2.05) is 12.1 Å². The smallest absolute Gasteiger partial charge is 0.226 e. The third-order valence-corrected chi connectivity index (χ3v) is 4.62. The quantitative estimate of drug-likeness (QED) is 0.825. The maximum absolute atomic E-state index is 5.42. The van der Waals surface area contributed by atoms with Crippen LogP contribution >= 0.6 is 0 Å². The number of rotatable bonds is 7. The fourth-order valence-electron chi connectivity index (χ4n) is 3.18. The van der Waals surface area contributed by atoms with Gasteiger partial charge in [-0.15, -0.1) is 0 Å². The third-order valence-electron chi connectivity index (χ3n) is 4.62. The molecule has 0 unspecified atom stereocenters. The minimum absolute atomic E-state index is 0.527. The number of hydrogen-bond donors (Lipinski definition) is 1.